The van der Waals surface area contributed by atoms with Crippen LogP contribution in [0.2, 0.25) is 0 Å². The largest absolute Gasteiger partial charge is 0.368 e. The van der Waals surface area contributed by atoms with Crippen LogP contribution in [0.5, 0.6) is 0 Å². The van der Waals surface area contributed by atoms with E-state index in [9.17, 15) is 9.59 Å². The first-order valence-corrected chi connectivity index (χ1v) is 3.25. The monoisotopic (exact) mass is 184 g/mol. The zero-order valence-electron chi connectivity index (χ0n) is 4.93. The maximum atomic E-state index is 10.5. The van der Waals surface area contributed by atoms with Crippen molar-refractivity contribution >= 4 is 35.0 Å². The highest BCUT2D eigenvalue weighted by Gasteiger charge is 2.10. The van der Waals surface area contributed by atoms with Crippen LogP contribution >= 0.6 is 23.2 Å². The molecule has 0 fully saturated rings. The summed E-state index contributed by atoms with van der Waals surface area (Å²) in [5.41, 5.74) is 4.70. The average Bonchev–Trinajstić information content (AvgIpc) is 1.82. The summed E-state index contributed by atoms with van der Waals surface area (Å²) in [7, 11) is 0. The highest BCUT2D eigenvalue weighted by Crippen LogP contribution is 1.99. The average molecular weight is 185 g/mol. The molecule has 0 unspecified atom stereocenters. The van der Waals surface area contributed by atoms with Gasteiger partial charge in [-0.3, -0.25) is 9.59 Å². The van der Waals surface area contributed by atoms with E-state index in [0.717, 1.165) is 0 Å². The van der Waals surface area contributed by atoms with Crippen molar-refractivity contribution in [3.8, 4) is 0 Å². The number of nitrogens with two attached hydrogens (primary N) is 1. The van der Waals surface area contributed by atoms with E-state index in [1.165, 1.54) is 0 Å². The van der Waals surface area contributed by atoms with Crippen molar-refractivity contribution in [2.75, 3.05) is 6.54 Å². The molecule has 0 saturated heterocycles. The number of carbonyl (C=O) groups is 2. The summed E-state index contributed by atoms with van der Waals surface area (Å²) in [5, 5.41) is 2.10. The van der Waals surface area contributed by atoms with Gasteiger partial charge < -0.3 is 11.1 Å². The minimum Gasteiger partial charge on any atom is -0.368 e. The third-order valence-electron chi connectivity index (χ3n) is 0.635. The van der Waals surface area contributed by atoms with Crippen molar-refractivity contribution in [2.45, 2.75) is 4.84 Å². The maximum Gasteiger partial charge on any atom is 0.253 e. The van der Waals surface area contributed by atoms with Gasteiger partial charge in [0, 0.05) is 0 Å². The van der Waals surface area contributed by atoms with Crippen molar-refractivity contribution in [1.82, 2.24) is 5.32 Å². The van der Waals surface area contributed by atoms with Crippen LogP contribution in [0.25, 0.3) is 0 Å². The molecule has 58 valence electrons. The summed E-state index contributed by atoms with van der Waals surface area (Å²) in [6.45, 7) is -0.241. The van der Waals surface area contributed by atoms with Crippen molar-refractivity contribution in [3.63, 3.8) is 0 Å². The normalized spacial score (nSPS) is 9.50. The van der Waals surface area contributed by atoms with Crippen LogP contribution in [0.15, 0.2) is 0 Å². The van der Waals surface area contributed by atoms with Crippen molar-refractivity contribution in [3.05, 3.63) is 0 Å². The minimum atomic E-state index is -1.15. The Morgan fingerprint density at radius 2 is 2.00 bits per heavy atom. The molecule has 0 aromatic carbocycles. The van der Waals surface area contributed by atoms with Crippen LogP contribution in [0.1, 0.15) is 0 Å². The summed E-state index contributed by atoms with van der Waals surface area (Å²) in [4.78, 5) is 19.4. The number of alkyl halides is 2. The van der Waals surface area contributed by atoms with Gasteiger partial charge in [-0.2, -0.15) is 0 Å². The zero-order valence-corrected chi connectivity index (χ0v) is 6.45. The number of rotatable bonds is 3. The predicted molar refractivity (Wildman–Crippen MR) is 37.7 cm³/mol. The molecule has 0 atom stereocenters. The number of amides is 2. The fourth-order valence-corrected chi connectivity index (χ4v) is 0.406. The molecule has 0 radical (unpaired) electrons. The van der Waals surface area contributed by atoms with Gasteiger partial charge in [-0.25, -0.2) is 0 Å². The Morgan fingerprint density at radius 3 is 2.30 bits per heavy atom. The third-order valence-corrected chi connectivity index (χ3v) is 1.03. The first kappa shape index (κ1) is 9.52. The van der Waals surface area contributed by atoms with Crippen molar-refractivity contribution in [1.29, 1.82) is 0 Å². The molecule has 10 heavy (non-hydrogen) atoms. The highest BCUT2D eigenvalue weighted by atomic mass is 35.5. The van der Waals surface area contributed by atoms with E-state index >= 15 is 0 Å². The summed E-state index contributed by atoms with van der Waals surface area (Å²) >= 11 is 10.2. The second kappa shape index (κ2) is 4.35. The highest BCUT2D eigenvalue weighted by molar-refractivity contribution is 6.53. The quantitative estimate of drug-likeness (QED) is 0.575. The Balaban J connectivity index is 3.50. The first-order chi connectivity index (χ1) is 4.54. The molecule has 0 aliphatic carbocycles. The molecule has 0 heterocycles. The SMILES string of the molecule is NC(=O)CNC(=O)C(Cl)Cl. The van der Waals surface area contributed by atoms with Crippen LogP contribution < -0.4 is 11.1 Å². The fraction of sp³-hybridized carbons (Fsp3) is 0.500. The Labute approximate surface area is 67.7 Å². The molecule has 3 N–H and O–H groups in total. The molecule has 6 heteroatoms. The van der Waals surface area contributed by atoms with Gasteiger partial charge in [0.2, 0.25) is 5.91 Å². The summed E-state index contributed by atoms with van der Waals surface area (Å²) in [6, 6.07) is 0. The Kier molecular flexibility index (Phi) is 4.14. The first-order valence-electron chi connectivity index (χ1n) is 2.38. The van der Waals surface area contributed by atoms with Crippen molar-refractivity contribution in [2.24, 2.45) is 5.73 Å². The van der Waals surface area contributed by atoms with Gasteiger partial charge in [0.1, 0.15) is 0 Å². The molecule has 0 aliphatic heterocycles. The minimum absolute atomic E-state index is 0.241. The number of hydrogen-bond acceptors (Lipinski definition) is 2. The van der Waals surface area contributed by atoms with Crippen LogP contribution in [0.3, 0.4) is 0 Å². The third kappa shape index (κ3) is 4.40. The molecule has 0 spiro atoms. The molecule has 0 bridgehead atoms. The molecule has 2 amide bonds. The molecular weight excluding hydrogens is 179 g/mol. The van der Waals surface area contributed by atoms with Gasteiger partial charge in [0.15, 0.2) is 4.84 Å². The number of halogens is 2. The van der Waals surface area contributed by atoms with E-state index in [1.807, 2.05) is 0 Å². The second-order valence-electron chi connectivity index (χ2n) is 1.48. The number of hydrogen-bond donors (Lipinski definition) is 2. The van der Waals surface area contributed by atoms with Gasteiger partial charge in [-0.05, 0) is 0 Å². The van der Waals surface area contributed by atoms with Gasteiger partial charge in [-0.1, -0.05) is 23.2 Å². The Bertz CT molecular complexity index is 148. The van der Waals surface area contributed by atoms with Crippen LogP contribution in [-0.4, -0.2) is 23.2 Å². The van der Waals surface area contributed by atoms with E-state index < -0.39 is 16.7 Å². The van der Waals surface area contributed by atoms with E-state index in [4.69, 9.17) is 28.9 Å². The summed E-state index contributed by atoms with van der Waals surface area (Å²) in [6.07, 6.45) is 0. The molecule has 0 saturated carbocycles. The molecule has 4 nitrogen and oxygen atoms in total. The fourth-order valence-electron chi connectivity index (χ4n) is 0.251. The van der Waals surface area contributed by atoms with Gasteiger partial charge in [0.05, 0.1) is 6.54 Å². The number of carbonyl (C=O) groups excluding carboxylic acids is 2. The van der Waals surface area contributed by atoms with E-state index in [1.54, 1.807) is 0 Å². The van der Waals surface area contributed by atoms with E-state index in [-0.39, 0.29) is 6.54 Å². The molecule has 0 aliphatic rings. The predicted octanol–water partition coefficient (Wildman–Crippen LogP) is -0.608. The van der Waals surface area contributed by atoms with Crippen LogP contribution in [0, 0.1) is 0 Å². The molecular formula is C4H6Cl2N2O2. The van der Waals surface area contributed by atoms with E-state index in [0.29, 0.717) is 0 Å². The number of primary amides is 1. The van der Waals surface area contributed by atoms with Crippen molar-refractivity contribution < 1.29 is 9.59 Å². The standard InChI is InChI=1S/C4H6Cl2N2O2/c5-3(6)4(10)8-1-2(7)9/h3H,1H2,(H2,7,9)(H,8,10). The van der Waals surface area contributed by atoms with Crippen LogP contribution in [-0.2, 0) is 9.59 Å². The lowest BCUT2D eigenvalue weighted by molar-refractivity contribution is -0.123. The summed E-state index contributed by atoms with van der Waals surface area (Å²) in [5.74, 6) is -1.26. The van der Waals surface area contributed by atoms with Gasteiger partial charge in [0.25, 0.3) is 5.91 Å². The smallest absolute Gasteiger partial charge is 0.253 e. The Hall–Kier alpha value is -0.480. The summed E-state index contributed by atoms with van der Waals surface area (Å²) < 4.78 is 0. The van der Waals surface area contributed by atoms with Gasteiger partial charge >= 0.3 is 0 Å². The second-order valence-corrected chi connectivity index (χ2v) is 2.58. The lowest BCUT2D eigenvalue weighted by Gasteiger charge is -2.00. The Morgan fingerprint density at radius 1 is 1.50 bits per heavy atom. The maximum absolute atomic E-state index is 10.5. The number of nitrogens with one attached hydrogen (secondary N) is 1. The van der Waals surface area contributed by atoms with Gasteiger partial charge in [-0.15, -0.1) is 0 Å². The molecule has 0 rings (SSSR count). The lowest BCUT2D eigenvalue weighted by Crippen LogP contribution is -2.36. The van der Waals surface area contributed by atoms with Crippen LogP contribution in [0.4, 0.5) is 0 Å². The molecule has 0 aromatic rings. The zero-order chi connectivity index (χ0) is 8.15. The topological polar surface area (TPSA) is 72.2 Å². The molecule has 0 aromatic heterocycles. The lowest BCUT2D eigenvalue weighted by atomic mass is 10.6. The van der Waals surface area contributed by atoms with E-state index in [2.05, 4.69) is 5.32 Å².